The van der Waals surface area contributed by atoms with Crippen LogP contribution in [0.25, 0.3) is 0 Å². The lowest BCUT2D eigenvalue weighted by Gasteiger charge is -2.40. The highest BCUT2D eigenvalue weighted by atomic mass is 16.3. The van der Waals surface area contributed by atoms with Crippen LogP contribution in [0.3, 0.4) is 0 Å². The zero-order valence-corrected chi connectivity index (χ0v) is 10.8. The number of aliphatic hydroxyl groups excluding tert-OH is 1. The van der Waals surface area contributed by atoms with Crippen molar-refractivity contribution < 1.29 is 5.11 Å². The Balaban J connectivity index is 1.79. The molecular weight excluding hydrogens is 214 g/mol. The Kier molecular flexibility index (Phi) is 2.52. The Labute approximate surface area is 103 Å². The van der Waals surface area contributed by atoms with Gasteiger partial charge in [-0.05, 0) is 26.3 Å². The predicted octanol–water partition coefficient (Wildman–Crippen LogP) is 0.832. The first kappa shape index (κ1) is 11.2. The van der Waals surface area contributed by atoms with E-state index in [1.807, 2.05) is 0 Å². The number of hydrogen-bond acceptors (Lipinski definition) is 4. The largest absolute Gasteiger partial charge is 0.390 e. The van der Waals surface area contributed by atoms with Crippen molar-refractivity contribution in [3.05, 3.63) is 11.3 Å². The maximum Gasteiger partial charge on any atom is 0.101 e. The first-order valence-corrected chi connectivity index (χ1v) is 6.50. The first-order chi connectivity index (χ1) is 8.06. The van der Waals surface area contributed by atoms with Crippen molar-refractivity contribution in [1.29, 1.82) is 0 Å². The van der Waals surface area contributed by atoms with Crippen molar-refractivity contribution in [2.24, 2.45) is 4.99 Å². The van der Waals surface area contributed by atoms with Crippen LogP contribution in [-0.4, -0.2) is 58.6 Å². The Hall–Kier alpha value is -0.870. The average molecular weight is 235 g/mol. The second-order valence-electron chi connectivity index (χ2n) is 5.56. The van der Waals surface area contributed by atoms with Crippen molar-refractivity contribution in [2.75, 3.05) is 19.6 Å². The molecule has 0 aliphatic carbocycles. The lowest BCUT2D eigenvalue weighted by molar-refractivity contribution is -0.0209. The number of hydrogen-bond donors (Lipinski definition) is 1. The van der Waals surface area contributed by atoms with Crippen molar-refractivity contribution in [2.45, 2.75) is 45.4 Å². The molecule has 17 heavy (non-hydrogen) atoms. The maximum absolute atomic E-state index is 9.39. The number of aliphatic imine (C=N–C) groups is 1. The van der Waals surface area contributed by atoms with Gasteiger partial charge in [0.05, 0.1) is 12.1 Å². The number of fused-ring (bicyclic) bond motifs is 1. The van der Waals surface area contributed by atoms with Gasteiger partial charge in [-0.3, -0.25) is 9.89 Å². The Morgan fingerprint density at radius 3 is 2.59 bits per heavy atom. The minimum absolute atomic E-state index is 0.101. The van der Waals surface area contributed by atoms with Crippen LogP contribution in [0.5, 0.6) is 0 Å². The molecule has 4 nitrogen and oxygen atoms in total. The van der Waals surface area contributed by atoms with Gasteiger partial charge >= 0.3 is 0 Å². The minimum atomic E-state index is -0.101. The Morgan fingerprint density at radius 1 is 1.24 bits per heavy atom. The molecule has 3 heterocycles. The summed E-state index contributed by atoms with van der Waals surface area (Å²) < 4.78 is 0. The lowest BCUT2D eigenvalue weighted by atomic mass is 10.0. The molecule has 2 fully saturated rings. The molecule has 3 rings (SSSR count). The normalized spacial score (nSPS) is 34.8. The van der Waals surface area contributed by atoms with Gasteiger partial charge in [-0.25, -0.2) is 0 Å². The van der Waals surface area contributed by atoms with E-state index in [4.69, 9.17) is 0 Å². The van der Waals surface area contributed by atoms with Crippen LogP contribution in [-0.2, 0) is 0 Å². The monoisotopic (exact) mass is 235 g/mol. The van der Waals surface area contributed by atoms with Crippen LogP contribution in [0.4, 0.5) is 0 Å². The Morgan fingerprint density at radius 2 is 1.94 bits per heavy atom. The molecule has 1 N–H and O–H groups in total. The van der Waals surface area contributed by atoms with Crippen LogP contribution in [0, 0.1) is 0 Å². The standard InChI is InChI=1S/C13H21N3O/c1-8-9(2)14-10(3)16-5-11(4-13(8)16)15-6-12(17)7-15/h9,11-12,17H,4-7H2,1-3H3. The Bertz CT molecular complexity index is 395. The topological polar surface area (TPSA) is 39.1 Å². The third-order valence-electron chi connectivity index (χ3n) is 4.41. The van der Waals surface area contributed by atoms with E-state index in [1.165, 1.54) is 11.3 Å². The minimum Gasteiger partial charge on any atom is -0.390 e. The van der Waals surface area contributed by atoms with Crippen LogP contribution < -0.4 is 0 Å². The summed E-state index contributed by atoms with van der Waals surface area (Å²) in [6.07, 6.45) is 1.02. The smallest absolute Gasteiger partial charge is 0.101 e. The molecule has 0 aromatic heterocycles. The highest BCUT2D eigenvalue weighted by Crippen LogP contribution is 2.34. The predicted molar refractivity (Wildman–Crippen MR) is 68.0 cm³/mol. The highest BCUT2D eigenvalue weighted by Gasteiger charge is 2.39. The highest BCUT2D eigenvalue weighted by molar-refractivity contribution is 5.83. The molecule has 0 saturated carbocycles. The van der Waals surface area contributed by atoms with Gasteiger partial charge in [0, 0.05) is 37.8 Å². The number of rotatable bonds is 1. The van der Waals surface area contributed by atoms with E-state index in [2.05, 4.69) is 35.6 Å². The fraction of sp³-hybridized carbons (Fsp3) is 0.769. The number of β-amino-alcohol motifs (C(OH)–C–C–N with tert-alkyl or cyclic N) is 1. The van der Waals surface area contributed by atoms with E-state index >= 15 is 0 Å². The van der Waals surface area contributed by atoms with Gasteiger partial charge in [0.15, 0.2) is 0 Å². The molecule has 0 radical (unpaired) electrons. The first-order valence-electron chi connectivity index (χ1n) is 6.50. The summed E-state index contributed by atoms with van der Waals surface area (Å²) in [5, 5.41) is 9.39. The van der Waals surface area contributed by atoms with Gasteiger partial charge in [-0.2, -0.15) is 0 Å². The third-order valence-corrected chi connectivity index (χ3v) is 4.41. The summed E-state index contributed by atoms with van der Waals surface area (Å²) >= 11 is 0. The molecule has 0 amide bonds. The molecule has 2 atom stereocenters. The van der Waals surface area contributed by atoms with E-state index in [0.717, 1.165) is 31.9 Å². The van der Waals surface area contributed by atoms with Crippen molar-refractivity contribution in [3.8, 4) is 0 Å². The van der Waals surface area contributed by atoms with E-state index in [1.54, 1.807) is 0 Å². The van der Waals surface area contributed by atoms with Gasteiger partial charge in [0.2, 0.25) is 0 Å². The molecule has 0 bridgehead atoms. The summed E-state index contributed by atoms with van der Waals surface area (Å²) in [7, 11) is 0. The molecule has 4 heteroatoms. The summed E-state index contributed by atoms with van der Waals surface area (Å²) in [5.41, 5.74) is 2.88. The number of aliphatic hydroxyl groups is 1. The zero-order chi connectivity index (χ0) is 12.2. The number of likely N-dealkylation sites (tertiary alicyclic amines) is 1. The molecule has 2 saturated heterocycles. The third kappa shape index (κ3) is 1.70. The van der Waals surface area contributed by atoms with Crippen molar-refractivity contribution in [3.63, 3.8) is 0 Å². The SMILES string of the molecule is CC1=NC(C)C(C)=C2CC(N3CC(O)C3)CN12. The van der Waals surface area contributed by atoms with Crippen LogP contribution in [0.2, 0.25) is 0 Å². The van der Waals surface area contributed by atoms with Crippen LogP contribution >= 0.6 is 0 Å². The molecule has 94 valence electrons. The lowest BCUT2D eigenvalue weighted by Crippen LogP contribution is -2.56. The van der Waals surface area contributed by atoms with E-state index < -0.39 is 0 Å². The van der Waals surface area contributed by atoms with Crippen LogP contribution in [0.1, 0.15) is 27.2 Å². The molecule has 2 unspecified atom stereocenters. The fourth-order valence-electron chi connectivity index (χ4n) is 3.14. The molecule has 0 aromatic rings. The average Bonchev–Trinajstić information content (AvgIpc) is 2.66. The summed E-state index contributed by atoms with van der Waals surface area (Å²) in [6.45, 7) is 9.21. The summed E-state index contributed by atoms with van der Waals surface area (Å²) in [6, 6.07) is 0.904. The van der Waals surface area contributed by atoms with Gasteiger partial charge in [0.1, 0.15) is 5.84 Å². The van der Waals surface area contributed by atoms with Gasteiger partial charge in [-0.15, -0.1) is 0 Å². The molecule has 3 aliphatic heterocycles. The van der Waals surface area contributed by atoms with E-state index in [0.29, 0.717) is 12.1 Å². The maximum atomic E-state index is 9.39. The number of nitrogens with zero attached hydrogens (tertiary/aromatic N) is 3. The molecule has 0 spiro atoms. The van der Waals surface area contributed by atoms with E-state index in [-0.39, 0.29) is 6.10 Å². The zero-order valence-electron chi connectivity index (χ0n) is 10.8. The quantitative estimate of drug-likeness (QED) is 0.732. The van der Waals surface area contributed by atoms with Crippen molar-refractivity contribution in [1.82, 2.24) is 9.80 Å². The van der Waals surface area contributed by atoms with Gasteiger partial charge < -0.3 is 10.0 Å². The fourth-order valence-corrected chi connectivity index (χ4v) is 3.14. The van der Waals surface area contributed by atoms with Gasteiger partial charge in [-0.1, -0.05) is 0 Å². The van der Waals surface area contributed by atoms with Crippen LogP contribution in [0.15, 0.2) is 16.3 Å². The number of amidine groups is 1. The second-order valence-corrected chi connectivity index (χ2v) is 5.56. The summed E-state index contributed by atoms with van der Waals surface area (Å²) in [5.74, 6) is 1.15. The van der Waals surface area contributed by atoms with E-state index in [9.17, 15) is 5.11 Å². The molecular formula is C13H21N3O. The summed E-state index contributed by atoms with van der Waals surface area (Å²) in [4.78, 5) is 9.43. The molecule has 3 aliphatic rings. The van der Waals surface area contributed by atoms with Gasteiger partial charge in [0.25, 0.3) is 0 Å². The molecule has 0 aromatic carbocycles. The second kappa shape index (κ2) is 3.82. The van der Waals surface area contributed by atoms with Crippen molar-refractivity contribution >= 4 is 5.84 Å².